The molecule has 2 unspecified atom stereocenters. The molecule has 2 atom stereocenters. The Morgan fingerprint density at radius 1 is 1.24 bits per heavy atom. The van der Waals surface area contributed by atoms with Gasteiger partial charge in [0, 0.05) is 23.5 Å². The van der Waals surface area contributed by atoms with Gasteiger partial charge in [0.15, 0.2) is 11.5 Å². The standard InChI is InChI=1S/C16H17ClN2O2/c17-13-3-1-2-11(13)8-19-16-12-7-15-14(20-9-21-15)6-10(12)4-5-18-16/h4-7,11,13H,1-3,8-9H2,(H,18,19). The molecule has 0 bridgehead atoms. The fraction of sp³-hybridized carbons (Fsp3) is 0.438. The number of ether oxygens (including phenoxy) is 2. The summed E-state index contributed by atoms with van der Waals surface area (Å²) in [5.41, 5.74) is 0. The SMILES string of the molecule is ClC1CCCC1CNc1nccc2cc3c(cc12)OCO3. The molecule has 1 aliphatic heterocycles. The molecule has 0 spiro atoms. The maximum absolute atomic E-state index is 6.34. The first-order chi connectivity index (χ1) is 10.3. The second-order valence-corrected chi connectivity index (χ2v) is 6.23. The molecule has 1 aromatic carbocycles. The normalized spacial score (nSPS) is 23.7. The van der Waals surface area contributed by atoms with E-state index in [0.717, 1.165) is 41.1 Å². The van der Waals surface area contributed by atoms with E-state index in [1.165, 1.54) is 12.8 Å². The van der Waals surface area contributed by atoms with Gasteiger partial charge in [0.2, 0.25) is 6.79 Å². The summed E-state index contributed by atoms with van der Waals surface area (Å²) in [5.74, 6) is 3.00. The summed E-state index contributed by atoms with van der Waals surface area (Å²) in [5, 5.41) is 5.91. The molecule has 1 aromatic heterocycles. The summed E-state index contributed by atoms with van der Waals surface area (Å²) in [4.78, 5) is 4.47. The molecule has 2 heterocycles. The van der Waals surface area contributed by atoms with Crippen LogP contribution >= 0.6 is 11.6 Å². The van der Waals surface area contributed by atoms with E-state index < -0.39 is 0 Å². The fourth-order valence-corrected chi connectivity index (χ4v) is 3.52. The average molecular weight is 305 g/mol. The highest BCUT2D eigenvalue weighted by Crippen LogP contribution is 2.38. The molecule has 1 fully saturated rings. The van der Waals surface area contributed by atoms with Gasteiger partial charge in [-0.3, -0.25) is 0 Å². The number of fused-ring (bicyclic) bond motifs is 2. The Bertz CT molecular complexity index is 677. The van der Waals surface area contributed by atoms with Gasteiger partial charge in [-0.1, -0.05) is 6.42 Å². The zero-order valence-electron chi connectivity index (χ0n) is 11.6. The van der Waals surface area contributed by atoms with Crippen LogP contribution in [0.25, 0.3) is 10.8 Å². The molecule has 1 aliphatic carbocycles. The number of alkyl halides is 1. The molecule has 1 saturated carbocycles. The van der Waals surface area contributed by atoms with E-state index in [1.54, 1.807) is 0 Å². The number of halogens is 1. The largest absolute Gasteiger partial charge is 0.454 e. The van der Waals surface area contributed by atoms with Crippen LogP contribution in [0, 0.1) is 5.92 Å². The Kier molecular flexibility index (Phi) is 3.26. The quantitative estimate of drug-likeness (QED) is 0.876. The van der Waals surface area contributed by atoms with Gasteiger partial charge in [0.25, 0.3) is 0 Å². The number of aromatic nitrogens is 1. The zero-order valence-corrected chi connectivity index (χ0v) is 12.4. The van der Waals surface area contributed by atoms with Gasteiger partial charge in [-0.2, -0.15) is 0 Å². The van der Waals surface area contributed by atoms with E-state index in [1.807, 2.05) is 24.4 Å². The number of hydrogen-bond acceptors (Lipinski definition) is 4. The number of nitrogens with one attached hydrogen (secondary N) is 1. The van der Waals surface area contributed by atoms with E-state index in [-0.39, 0.29) is 12.2 Å². The Hall–Kier alpha value is -1.68. The highest BCUT2D eigenvalue weighted by molar-refractivity contribution is 6.21. The molecule has 4 nitrogen and oxygen atoms in total. The topological polar surface area (TPSA) is 43.4 Å². The van der Waals surface area contributed by atoms with Gasteiger partial charge in [-0.15, -0.1) is 11.6 Å². The van der Waals surface area contributed by atoms with Crippen molar-refractivity contribution >= 4 is 28.2 Å². The summed E-state index contributed by atoms with van der Waals surface area (Å²) in [7, 11) is 0. The van der Waals surface area contributed by atoms with Crippen molar-refractivity contribution in [1.29, 1.82) is 0 Å². The molecular formula is C16H17ClN2O2. The lowest BCUT2D eigenvalue weighted by Crippen LogP contribution is -2.18. The van der Waals surface area contributed by atoms with Crippen LogP contribution < -0.4 is 14.8 Å². The highest BCUT2D eigenvalue weighted by atomic mass is 35.5. The summed E-state index contributed by atoms with van der Waals surface area (Å²) < 4.78 is 10.9. The number of benzene rings is 1. The smallest absolute Gasteiger partial charge is 0.231 e. The first kappa shape index (κ1) is 13.0. The van der Waals surface area contributed by atoms with Crippen LogP contribution in [0.3, 0.4) is 0 Å². The van der Waals surface area contributed by atoms with Gasteiger partial charge in [0.05, 0.1) is 0 Å². The summed E-state index contributed by atoms with van der Waals surface area (Å²) in [6.07, 6.45) is 5.36. The Labute approximate surface area is 128 Å². The van der Waals surface area contributed by atoms with E-state index in [0.29, 0.717) is 5.92 Å². The van der Waals surface area contributed by atoms with E-state index in [4.69, 9.17) is 21.1 Å². The van der Waals surface area contributed by atoms with Crippen LogP contribution in [0.5, 0.6) is 11.5 Å². The summed E-state index contributed by atoms with van der Waals surface area (Å²) >= 11 is 6.34. The number of rotatable bonds is 3. The number of pyridine rings is 1. The third-order valence-corrected chi connectivity index (χ3v) is 4.93. The van der Waals surface area contributed by atoms with Gasteiger partial charge in [0.1, 0.15) is 5.82 Å². The van der Waals surface area contributed by atoms with Gasteiger partial charge in [-0.25, -0.2) is 4.98 Å². The second kappa shape index (κ2) is 5.26. The van der Waals surface area contributed by atoms with E-state index in [2.05, 4.69) is 10.3 Å². The molecule has 2 aromatic rings. The first-order valence-corrected chi connectivity index (χ1v) is 7.81. The van der Waals surface area contributed by atoms with Crippen molar-refractivity contribution in [2.75, 3.05) is 18.7 Å². The average Bonchev–Trinajstić information content (AvgIpc) is 3.11. The maximum Gasteiger partial charge on any atom is 0.231 e. The molecule has 2 aliphatic rings. The predicted octanol–water partition coefficient (Wildman–Crippen LogP) is 3.78. The summed E-state index contributed by atoms with van der Waals surface area (Å²) in [6, 6.07) is 5.99. The molecule has 110 valence electrons. The molecule has 4 rings (SSSR count). The first-order valence-electron chi connectivity index (χ1n) is 7.37. The zero-order chi connectivity index (χ0) is 14.2. The van der Waals surface area contributed by atoms with Gasteiger partial charge < -0.3 is 14.8 Å². The van der Waals surface area contributed by atoms with Crippen LogP contribution in [0.4, 0.5) is 5.82 Å². The molecule has 1 N–H and O–H groups in total. The molecule has 21 heavy (non-hydrogen) atoms. The van der Waals surface area contributed by atoms with Crippen molar-refractivity contribution in [2.24, 2.45) is 5.92 Å². The minimum absolute atomic E-state index is 0.286. The maximum atomic E-state index is 6.34. The Balaban J connectivity index is 1.62. The van der Waals surface area contributed by atoms with Crippen LogP contribution in [0.15, 0.2) is 24.4 Å². The molecule has 0 saturated heterocycles. The van der Waals surface area contributed by atoms with E-state index >= 15 is 0 Å². The lowest BCUT2D eigenvalue weighted by molar-refractivity contribution is 0.174. The minimum Gasteiger partial charge on any atom is -0.454 e. The van der Waals surface area contributed by atoms with Crippen molar-refractivity contribution in [2.45, 2.75) is 24.6 Å². The van der Waals surface area contributed by atoms with Crippen molar-refractivity contribution < 1.29 is 9.47 Å². The van der Waals surface area contributed by atoms with Crippen LogP contribution in [0.1, 0.15) is 19.3 Å². The third kappa shape index (κ3) is 2.38. The molecule has 5 heteroatoms. The minimum atomic E-state index is 0.286. The summed E-state index contributed by atoms with van der Waals surface area (Å²) in [6.45, 7) is 1.16. The third-order valence-electron chi connectivity index (χ3n) is 4.36. The molecule has 0 radical (unpaired) electrons. The Morgan fingerprint density at radius 3 is 2.90 bits per heavy atom. The monoisotopic (exact) mass is 304 g/mol. The van der Waals surface area contributed by atoms with Crippen molar-refractivity contribution in [1.82, 2.24) is 4.98 Å². The number of nitrogens with zero attached hydrogens (tertiary/aromatic N) is 1. The van der Waals surface area contributed by atoms with Crippen LogP contribution in [-0.2, 0) is 0 Å². The van der Waals surface area contributed by atoms with Crippen molar-refractivity contribution in [3.8, 4) is 11.5 Å². The number of anilines is 1. The van der Waals surface area contributed by atoms with Gasteiger partial charge in [-0.05, 0) is 42.3 Å². The van der Waals surface area contributed by atoms with Crippen LogP contribution in [-0.4, -0.2) is 23.7 Å². The molecule has 0 amide bonds. The Morgan fingerprint density at radius 2 is 2.10 bits per heavy atom. The lowest BCUT2D eigenvalue weighted by Gasteiger charge is -2.16. The van der Waals surface area contributed by atoms with Crippen molar-refractivity contribution in [3.05, 3.63) is 24.4 Å². The predicted molar refractivity (Wildman–Crippen MR) is 83.3 cm³/mol. The second-order valence-electron chi connectivity index (χ2n) is 5.67. The van der Waals surface area contributed by atoms with Gasteiger partial charge >= 0.3 is 0 Å². The van der Waals surface area contributed by atoms with E-state index in [9.17, 15) is 0 Å². The van der Waals surface area contributed by atoms with Crippen LogP contribution in [0.2, 0.25) is 0 Å². The fourth-order valence-electron chi connectivity index (χ4n) is 3.15. The van der Waals surface area contributed by atoms with Crippen molar-refractivity contribution in [3.63, 3.8) is 0 Å². The lowest BCUT2D eigenvalue weighted by atomic mass is 10.1. The number of hydrogen-bond donors (Lipinski definition) is 1. The molecular weight excluding hydrogens is 288 g/mol. The highest BCUT2D eigenvalue weighted by Gasteiger charge is 2.25.